The van der Waals surface area contributed by atoms with Gasteiger partial charge in [0, 0.05) is 6.07 Å². The summed E-state index contributed by atoms with van der Waals surface area (Å²) in [5, 5.41) is 21.9. The molecule has 0 aliphatic carbocycles. The number of carbonyl (C=O) groups excluding carboxylic acids is 1. The standard InChI is InChI=1S/C6H4N2O5/c9-4(6(12)13)2-1-3(5(10)11)8-7-2/h1H,(H,7,8)(H,10,11)(H,12,13). The molecule has 7 nitrogen and oxygen atoms in total. The van der Waals surface area contributed by atoms with Gasteiger partial charge in [-0.2, -0.15) is 5.10 Å². The number of aliphatic carboxylic acids is 1. The fraction of sp³-hybridized carbons (Fsp3) is 0. The second-order valence-corrected chi connectivity index (χ2v) is 2.11. The molecule has 0 aliphatic heterocycles. The maximum absolute atomic E-state index is 10.7. The number of nitrogens with zero attached hydrogens (tertiary/aromatic N) is 1. The number of carboxylic acids is 2. The van der Waals surface area contributed by atoms with Crippen LogP contribution < -0.4 is 0 Å². The van der Waals surface area contributed by atoms with Gasteiger partial charge in [-0.25, -0.2) is 9.59 Å². The number of hydrogen-bond acceptors (Lipinski definition) is 4. The minimum Gasteiger partial charge on any atom is -0.477 e. The van der Waals surface area contributed by atoms with Crippen LogP contribution in [0.5, 0.6) is 0 Å². The van der Waals surface area contributed by atoms with E-state index in [0.29, 0.717) is 0 Å². The van der Waals surface area contributed by atoms with Crippen LogP contribution in [0.1, 0.15) is 21.0 Å². The number of Topliss-reactive ketones (excluding diaryl/α,β-unsaturated/α-hetero) is 1. The molecule has 1 aromatic rings. The van der Waals surface area contributed by atoms with Crippen LogP contribution in [0.25, 0.3) is 0 Å². The minimum atomic E-state index is -1.68. The summed E-state index contributed by atoms with van der Waals surface area (Å²) in [6.07, 6.45) is 0. The molecule has 0 atom stereocenters. The third kappa shape index (κ3) is 1.70. The van der Waals surface area contributed by atoms with E-state index in [9.17, 15) is 14.4 Å². The average Bonchev–Trinajstić information content (AvgIpc) is 2.50. The lowest BCUT2D eigenvalue weighted by Gasteiger charge is -1.84. The number of carbonyl (C=O) groups is 3. The van der Waals surface area contributed by atoms with Crippen LogP contribution >= 0.6 is 0 Å². The highest BCUT2D eigenvalue weighted by atomic mass is 16.4. The number of nitrogens with one attached hydrogen (secondary N) is 1. The zero-order valence-corrected chi connectivity index (χ0v) is 6.14. The molecule has 0 saturated heterocycles. The molecule has 0 saturated carbocycles. The van der Waals surface area contributed by atoms with Crippen molar-refractivity contribution in [1.82, 2.24) is 10.2 Å². The van der Waals surface area contributed by atoms with E-state index >= 15 is 0 Å². The number of ketones is 1. The van der Waals surface area contributed by atoms with E-state index in [-0.39, 0.29) is 5.69 Å². The Hall–Kier alpha value is -2.18. The molecule has 1 rings (SSSR count). The van der Waals surface area contributed by atoms with Gasteiger partial charge in [-0.3, -0.25) is 9.89 Å². The fourth-order valence-electron chi connectivity index (χ4n) is 0.657. The van der Waals surface area contributed by atoms with Crippen LogP contribution in [-0.2, 0) is 4.79 Å². The normalized spacial score (nSPS) is 9.54. The number of aromatic carboxylic acids is 1. The quantitative estimate of drug-likeness (QED) is 0.425. The van der Waals surface area contributed by atoms with Crippen LogP contribution in [-0.4, -0.2) is 38.1 Å². The summed E-state index contributed by atoms with van der Waals surface area (Å²) in [6.45, 7) is 0. The first-order valence-corrected chi connectivity index (χ1v) is 3.08. The molecule has 0 amide bonds. The lowest BCUT2D eigenvalue weighted by atomic mass is 10.2. The Labute approximate surface area is 71.0 Å². The topological polar surface area (TPSA) is 120 Å². The average molecular weight is 184 g/mol. The highest BCUT2D eigenvalue weighted by molar-refractivity contribution is 6.39. The van der Waals surface area contributed by atoms with Crippen molar-refractivity contribution in [1.29, 1.82) is 0 Å². The van der Waals surface area contributed by atoms with Gasteiger partial charge in [0.05, 0.1) is 0 Å². The van der Waals surface area contributed by atoms with Crippen molar-refractivity contribution in [3.8, 4) is 0 Å². The van der Waals surface area contributed by atoms with Crippen molar-refractivity contribution in [3.63, 3.8) is 0 Å². The number of aromatic nitrogens is 2. The Bertz CT molecular complexity index is 380. The largest absolute Gasteiger partial charge is 0.477 e. The summed E-state index contributed by atoms with van der Waals surface area (Å²) in [7, 11) is 0. The van der Waals surface area contributed by atoms with E-state index in [2.05, 4.69) is 5.10 Å². The van der Waals surface area contributed by atoms with E-state index in [0.717, 1.165) is 6.07 Å². The van der Waals surface area contributed by atoms with Gasteiger partial charge in [0.15, 0.2) is 0 Å². The van der Waals surface area contributed by atoms with E-state index in [1.165, 1.54) is 0 Å². The molecule has 3 N–H and O–H groups in total. The van der Waals surface area contributed by atoms with E-state index in [1.807, 2.05) is 5.10 Å². The second kappa shape index (κ2) is 3.05. The van der Waals surface area contributed by atoms with Crippen LogP contribution in [0.15, 0.2) is 6.07 Å². The zero-order valence-electron chi connectivity index (χ0n) is 6.14. The molecule has 0 spiro atoms. The number of H-pyrrole nitrogens is 1. The van der Waals surface area contributed by atoms with E-state index in [4.69, 9.17) is 10.2 Å². The lowest BCUT2D eigenvalue weighted by Crippen LogP contribution is -2.12. The minimum absolute atomic E-state index is 0.329. The van der Waals surface area contributed by atoms with Crippen LogP contribution in [0.3, 0.4) is 0 Å². The number of aromatic amines is 1. The maximum atomic E-state index is 10.7. The summed E-state index contributed by atoms with van der Waals surface area (Å²) in [5.74, 6) is -4.23. The predicted molar refractivity (Wildman–Crippen MR) is 37.5 cm³/mol. The van der Waals surface area contributed by atoms with Crippen LogP contribution in [0.4, 0.5) is 0 Å². The van der Waals surface area contributed by atoms with Crippen LogP contribution in [0, 0.1) is 0 Å². The first kappa shape index (κ1) is 8.91. The summed E-state index contributed by atoms with van der Waals surface area (Å²) in [4.78, 5) is 31.1. The van der Waals surface area contributed by atoms with Gasteiger partial charge in [0.1, 0.15) is 11.4 Å². The second-order valence-electron chi connectivity index (χ2n) is 2.11. The van der Waals surface area contributed by atoms with Gasteiger partial charge in [0.2, 0.25) is 0 Å². The number of hydrogen-bond donors (Lipinski definition) is 3. The first-order valence-electron chi connectivity index (χ1n) is 3.08. The van der Waals surface area contributed by atoms with Crippen molar-refractivity contribution in [3.05, 3.63) is 17.5 Å². The monoisotopic (exact) mass is 184 g/mol. The van der Waals surface area contributed by atoms with Gasteiger partial charge in [-0.15, -0.1) is 0 Å². The van der Waals surface area contributed by atoms with Gasteiger partial charge >= 0.3 is 11.9 Å². The third-order valence-electron chi connectivity index (χ3n) is 1.24. The van der Waals surface area contributed by atoms with Crippen molar-refractivity contribution in [2.24, 2.45) is 0 Å². The molecule has 0 aromatic carbocycles. The predicted octanol–water partition coefficient (Wildman–Crippen LogP) is -0.625. The van der Waals surface area contributed by atoms with Gasteiger partial charge < -0.3 is 10.2 Å². The molecule has 0 unspecified atom stereocenters. The van der Waals surface area contributed by atoms with E-state index < -0.39 is 23.4 Å². The Morgan fingerprint density at radius 2 is 1.92 bits per heavy atom. The molecular weight excluding hydrogens is 180 g/mol. The summed E-state index contributed by atoms with van der Waals surface area (Å²) >= 11 is 0. The van der Waals surface area contributed by atoms with Crippen molar-refractivity contribution in [2.45, 2.75) is 0 Å². The van der Waals surface area contributed by atoms with Crippen molar-refractivity contribution in [2.75, 3.05) is 0 Å². The molecule has 68 valence electrons. The van der Waals surface area contributed by atoms with Gasteiger partial charge in [0.25, 0.3) is 5.78 Å². The smallest absolute Gasteiger partial charge is 0.379 e. The fourth-order valence-corrected chi connectivity index (χ4v) is 0.657. The number of rotatable bonds is 3. The lowest BCUT2D eigenvalue weighted by molar-refractivity contribution is -0.131. The maximum Gasteiger partial charge on any atom is 0.379 e. The molecule has 0 radical (unpaired) electrons. The van der Waals surface area contributed by atoms with Gasteiger partial charge in [-0.1, -0.05) is 0 Å². The molecule has 7 heteroatoms. The summed E-state index contributed by atoms with van der Waals surface area (Å²) < 4.78 is 0. The highest BCUT2D eigenvalue weighted by Gasteiger charge is 2.19. The molecule has 1 aromatic heterocycles. The zero-order chi connectivity index (χ0) is 10.0. The molecule has 1 heterocycles. The molecule has 0 fully saturated rings. The summed E-state index contributed by atoms with van der Waals surface area (Å²) in [6, 6.07) is 0.860. The van der Waals surface area contributed by atoms with Crippen molar-refractivity contribution >= 4 is 17.7 Å². The van der Waals surface area contributed by atoms with Crippen molar-refractivity contribution < 1.29 is 24.6 Å². The molecule has 0 bridgehead atoms. The highest BCUT2D eigenvalue weighted by Crippen LogP contribution is 2.00. The molecule has 13 heavy (non-hydrogen) atoms. The Kier molecular flexibility index (Phi) is 2.09. The third-order valence-corrected chi connectivity index (χ3v) is 1.24. The summed E-state index contributed by atoms with van der Waals surface area (Å²) in [5.41, 5.74) is -0.755. The SMILES string of the molecule is O=C(O)C(=O)c1cc(C(=O)O)[nH]n1. The van der Waals surface area contributed by atoms with E-state index in [1.54, 1.807) is 0 Å². The van der Waals surface area contributed by atoms with Gasteiger partial charge in [-0.05, 0) is 0 Å². The Morgan fingerprint density at radius 1 is 1.31 bits per heavy atom. The Balaban J connectivity index is 2.99. The number of carboxylic acid groups (broad SMARTS) is 2. The van der Waals surface area contributed by atoms with Crippen LogP contribution in [0.2, 0.25) is 0 Å². The molecule has 0 aliphatic rings. The first-order chi connectivity index (χ1) is 6.02. The molecular formula is C6H4N2O5. The Morgan fingerprint density at radius 3 is 2.31 bits per heavy atom.